The normalized spacial score (nSPS) is 9.77. The number of aromatic hydroxyl groups is 1. The summed E-state index contributed by atoms with van der Waals surface area (Å²) in [6.07, 6.45) is 0. The number of fused-ring (bicyclic) bond motifs is 1. The first-order chi connectivity index (χ1) is 6.31. The molecule has 0 atom stereocenters. The lowest BCUT2D eigenvalue weighted by molar-refractivity contribution is 0.476. The van der Waals surface area contributed by atoms with Gasteiger partial charge in [-0.15, -0.1) is 0 Å². The Morgan fingerprint density at radius 2 is 1.69 bits per heavy atom. The van der Waals surface area contributed by atoms with Crippen LogP contribution >= 0.6 is 0 Å². The fourth-order valence-corrected chi connectivity index (χ4v) is 1.31. The highest BCUT2D eigenvalue weighted by molar-refractivity contribution is 5.81. The lowest BCUT2D eigenvalue weighted by Crippen LogP contribution is -1.62. The Labute approximate surface area is 75.2 Å². The molecule has 62 valence electrons. The SMILES string of the molecule is N#[N+]c1ccc2ccc(O)ccc1-2. The monoisotopic (exact) mass is 171 g/mol. The molecule has 0 spiro atoms. The molecular weight excluding hydrogens is 164 g/mol. The van der Waals surface area contributed by atoms with Crippen LogP contribution in [0.2, 0.25) is 0 Å². The third-order valence-electron chi connectivity index (χ3n) is 1.97. The number of nitrogens with zero attached hydrogens (tertiary/aromatic N) is 2. The Morgan fingerprint density at radius 1 is 1.00 bits per heavy atom. The summed E-state index contributed by atoms with van der Waals surface area (Å²) in [5.41, 5.74) is 2.28. The quantitative estimate of drug-likeness (QED) is 0.619. The number of rotatable bonds is 0. The molecule has 2 aliphatic rings. The van der Waals surface area contributed by atoms with E-state index in [0.717, 1.165) is 11.1 Å². The van der Waals surface area contributed by atoms with Gasteiger partial charge in [0.2, 0.25) is 5.39 Å². The van der Waals surface area contributed by atoms with Gasteiger partial charge in [0.1, 0.15) is 5.75 Å². The molecule has 0 aromatic rings. The fourth-order valence-electron chi connectivity index (χ4n) is 1.31. The molecule has 0 amide bonds. The largest absolute Gasteiger partial charge is 0.508 e. The third-order valence-corrected chi connectivity index (χ3v) is 1.97. The van der Waals surface area contributed by atoms with Crippen LogP contribution in [0.25, 0.3) is 16.1 Å². The van der Waals surface area contributed by atoms with E-state index in [2.05, 4.69) is 4.98 Å². The highest BCUT2D eigenvalue weighted by atomic mass is 16.3. The number of diazo groups is 1. The van der Waals surface area contributed by atoms with Gasteiger partial charge in [-0.1, -0.05) is 6.07 Å². The first-order valence-electron chi connectivity index (χ1n) is 3.88. The van der Waals surface area contributed by atoms with Crippen molar-refractivity contribution in [3.8, 4) is 16.9 Å². The van der Waals surface area contributed by atoms with Crippen molar-refractivity contribution in [3.63, 3.8) is 0 Å². The van der Waals surface area contributed by atoms with E-state index in [4.69, 9.17) is 5.39 Å². The number of hydrogen-bond donors (Lipinski definition) is 1. The van der Waals surface area contributed by atoms with E-state index >= 15 is 0 Å². The first kappa shape index (κ1) is 7.56. The van der Waals surface area contributed by atoms with Gasteiger partial charge in [0.05, 0.1) is 5.56 Å². The zero-order chi connectivity index (χ0) is 9.26. The fraction of sp³-hybridized carbons (Fsp3) is 0. The van der Waals surface area contributed by atoms with Crippen molar-refractivity contribution < 1.29 is 5.11 Å². The average Bonchev–Trinajstić information content (AvgIpc) is 2.45. The molecule has 0 radical (unpaired) electrons. The van der Waals surface area contributed by atoms with Crippen LogP contribution in [0.3, 0.4) is 0 Å². The van der Waals surface area contributed by atoms with E-state index in [1.54, 1.807) is 30.3 Å². The molecule has 3 nitrogen and oxygen atoms in total. The van der Waals surface area contributed by atoms with Crippen molar-refractivity contribution >= 4 is 5.69 Å². The standard InChI is InChI=1S/C10H6N2O/c11-12-10-6-2-7-1-3-8(13)4-5-9(7)10/h1-6H/p+1. The summed E-state index contributed by atoms with van der Waals surface area (Å²) in [5, 5.41) is 17.8. The maximum absolute atomic E-state index is 9.19. The summed E-state index contributed by atoms with van der Waals surface area (Å²) in [7, 11) is 0. The second kappa shape index (κ2) is 2.76. The Bertz CT molecular complexity index is 459. The van der Waals surface area contributed by atoms with Crippen LogP contribution in [0.1, 0.15) is 0 Å². The van der Waals surface area contributed by atoms with Crippen LogP contribution in [0, 0.1) is 5.39 Å². The summed E-state index contributed by atoms with van der Waals surface area (Å²) >= 11 is 0. The average molecular weight is 171 g/mol. The predicted octanol–water partition coefficient (Wildman–Crippen LogP) is 2.98. The topological polar surface area (TPSA) is 48.4 Å². The van der Waals surface area contributed by atoms with Crippen LogP contribution in [0.5, 0.6) is 5.75 Å². The van der Waals surface area contributed by atoms with Crippen LogP contribution in [-0.2, 0) is 0 Å². The van der Waals surface area contributed by atoms with Crippen molar-refractivity contribution in [2.45, 2.75) is 0 Å². The van der Waals surface area contributed by atoms with Gasteiger partial charge in [0, 0.05) is 6.07 Å². The molecule has 0 bridgehead atoms. The maximum Gasteiger partial charge on any atom is 0.392 e. The molecule has 0 saturated heterocycles. The smallest absolute Gasteiger partial charge is 0.392 e. The lowest BCUT2D eigenvalue weighted by atomic mass is 10.2. The van der Waals surface area contributed by atoms with Crippen LogP contribution < -0.4 is 0 Å². The van der Waals surface area contributed by atoms with Gasteiger partial charge in [0.25, 0.3) is 0 Å². The highest BCUT2D eigenvalue weighted by Crippen LogP contribution is 2.34. The predicted molar refractivity (Wildman–Crippen MR) is 49.5 cm³/mol. The van der Waals surface area contributed by atoms with Crippen molar-refractivity contribution in [2.75, 3.05) is 0 Å². The molecule has 0 aliphatic heterocycles. The molecule has 13 heavy (non-hydrogen) atoms. The van der Waals surface area contributed by atoms with Gasteiger partial charge in [-0.25, -0.2) is 0 Å². The Kier molecular flexibility index (Phi) is 1.60. The van der Waals surface area contributed by atoms with Gasteiger partial charge >= 0.3 is 5.69 Å². The van der Waals surface area contributed by atoms with Crippen LogP contribution in [-0.4, -0.2) is 5.11 Å². The minimum Gasteiger partial charge on any atom is -0.508 e. The molecule has 2 aliphatic carbocycles. The van der Waals surface area contributed by atoms with Crippen molar-refractivity contribution in [1.82, 2.24) is 0 Å². The van der Waals surface area contributed by atoms with E-state index < -0.39 is 0 Å². The van der Waals surface area contributed by atoms with E-state index in [9.17, 15) is 5.11 Å². The van der Waals surface area contributed by atoms with E-state index in [1.807, 2.05) is 6.07 Å². The highest BCUT2D eigenvalue weighted by Gasteiger charge is 2.16. The zero-order valence-corrected chi connectivity index (χ0v) is 6.81. The zero-order valence-electron chi connectivity index (χ0n) is 6.81. The van der Waals surface area contributed by atoms with E-state index in [-0.39, 0.29) is 5.75 Å². The Hall–Kier alpha value is -2.08. The molecule has 0 saturated carbocycles. The van der Waals surface area contributed by atoms with Gasteiger partial charge in [0.15, 0.2) is 4.98 Å². The summed E-state index contributed by atoms with van der Waals surface area (Å²) in [6, 6.07) is 10.2. The van der Waals surface area contributed by atoms with Crippen LogP contribution in [0.4, 0.5) is 5.69 Å². The second-order valence-corrected chi connectivity index (χ2v) is 2.78. The minimum atomic E-state index is 0.195. The van der Waals surface area contributed by atoms with E-state index in [1.165, 1.54) is 0 Å². The summed E-state index contributed by atoms with van der Waals surface area (Å²) in [6.45, 7) is 0. The number of hydrogen-bond acceptors (Lipinski definition) is 2. The van der Waals surface area contributed by atoms with Crippen LogP contribution in [0.15, 0.2) is 36.4 Å². The molecule has 0 aromatic carbocycles. The minimum absolute atomic E-state index is 0.195. The molecule has 1 N–H and O–H groups in total. The summed E-state index contributed by atoms with van der Waals surface area (Å²) in [5.74, 6) is 0.195. The van der Waals surface area contributed by atoms with Gasteiger partial charge in [-0.05, 0) is 29.8 Å². The van der Waals surface area contributed by atoms with Crippen molar-refractivity contribution in [1.29, 1.82) is 5.39 Å². The van der Waals surface area contributed by atoms with Crippen molar-refractivity contribution in [3.05, 3.63) is 41.4 Å². The molecule has 2 rings (SSSR count). The molecule has 3 heteroatoms. The Balaban J connectivity index is 2.73. The molecular formula is C10H7N2O+. The molecule has 0 aromatic heterocycles. The third kappa shape index (κ3) is 1.18. The Morgan fingerprint density at radius 3 is 2.46 bits per heavy atom. The molecule has 0 fully saturated rings. The summed E-state index contributed by atoms with van der Waals surface area (Å²) < 4.78 is 0. The summed E-state index contributed by atoms with van der Waals surface area (Å²) in [4.78, 5) is 3.13. The maximum atomic E-state index is 9.19. The van der Waals surface area contributed by atoms with Gasteiger partial charge < -0.3 is 5.11 Å². The first-order valence-corrected chi connectivity index (χ1v) is 3.88. The lowest BCUT2D eigenvalue weighted by Gasteiger charge is -1.83. The second-order valence-electron chi connectivity index (χ2n) is 2.78. The van der Waals surface area contributed by atoms with Gasteiger partial charge in [-0.3, -0.25) is 0 Å². The van der Waals surface area contributed by atoms with E-state index in [0.29, 0.717) is 5.69 Å². The molecule has 0 unspecified atom stereocenters. The van der Waals surface area contributed by atoms with Crippen molar-refractivity contribution in [2.24, 2.45) is 0 Å². The van der Waals surface area contributed by atoms with Gasteiger partial charge in [-0.2, -0.15) is 0 Å². The molecule has 0 heterocycles.